The highest BCUT2D eigenvalue weighted by molar-refractivity contribution is 5.67. The van der Waals surface area contributed by atoms with Gasteiger partial charge in [-0.05, 0) is 13.0 Å². The summed E-state index contributed by atoms with van der Waals surface area (Å²) in [5, 5.41) is 3.56. The maximum Gasteiger partial charge on any atom is 0.169 e. The average Bonchev–Trinajstić information content (AvgIpc) is 2.67. The molecule has 0 aliphatic heterocycles. The van der Waals surface area contributed by atoms with Crippen molar-refractivity contribution in [1.29, 1.82) is 0 Å². The molecule has 0 spiro atoms. The fourth-order valence-corrected chi connectivity index (χ4v) is 1.54. The molecule has 0 unspecified atom stereocenters. The molecule has 0 amide bonds. The van der Waals surface area contributed by atoms with Gasteiger partial charge in [-0.3, -0.25) is 0 Å². The Hall–Kier alpha value is -2.04. The first-order valence-electron chi connectivity index (χ1n) is 4.68. The number of nitrogens with two attached hydrogens (primary N) is 1. The summed E-state index contributed by atoms with van der Waals surface area (Å²) >= 11 is 0. The number of aromatic nitrogens is 1. The molecule has 16 heavy (non-hydrogen) atoms. The van der Waals surface area contributed by atoms with Crippen molar-refractivity contribution in [3.05, 3.63) is 29.6 Å². The molecule has 0 atom stereocenters. The van der Waals surface area contributed by atoms with E-state index in [9.17, 15) is 4.39 Å². The van der Waals surface area contributed by atoms with Crippen LogP contribution < -0.4 is 10.5 Å². The summed E-state index contributed by atoms with van der Waals surface area (Å²) in [5.74, 6) is 0.753. The number of benzene rings is 1. The molecule has 1 heterocycles. The van der Waals surface area contributed by atoms with Crippen LogP contribution in [0.2, 0.25) is 0 Å². The number of nitrogens with zero attached hydrogens (tertiary/aromatic N) is 1. The van der Waals surface area contributed by atoms with Crippen LogP contribution in [0.1, 0.15) is 5.56 Å². The smallest absolute Gasteiger partial charge is 0.169 e. The number of hydrogen-bond donors (Lipinski definition) is 1. The van der Waals surface area contributed by atoms with Crippen molar-refractivity contribution >= 4 is 5.82 Å². The van der Waals surface area contributed by atoms with Gasteiger partial charge in [0.1, 0.15) is 11.6 Å². The number of nitrogen functional groups attached to an aromatic ring is 1. The van der Waals surface area contributed by atoms with Gasteiger partial charge in [0.05, 0.1) is 7.11 Å². The third-order valence-electron chi connectivity index (χ3n) is 2.34. The Morgan fingerprint density at radius 2 is 2.12 bits per heavy atom. The van der Waals surface area contributed by atoms with Gasteiger partial charge in [-0.25, -0.2) is 4.39 Å². The lowest BCUT2D eigenvalue weighted by Crippen LogP contribution is -1.92. The van der Waals surface area contributed by atoms with Crippen molar-refractivity contribution in [3.8, 4) is 17.1 Å². The molecule has 0 fully saturated rings. The van der Waals surface area contributed by atoms with Crippen molar-refractivity contribution in [1.82, 2.24) is 5.16 Å². The van der Waals surface area contributed by atoms with E-state index < -0.39 is 5.82 Å². The molecule has 0 saturated heterocycles. The molecule has 0 aliphatic carbocycles. The number of rotatable bonds is 2. The van der Waals surface area contributed by atoms with E-state index in [1.54, 1.807) is 6.07 Å². The number of hydrogen-bond acceptors (Lipinski definition) is 4. The predicted molar refractivity (Wildman–Crippen MR) is 57.6 cm³/mol. The largest absolute Gasteiger partial charge is 0.496 e. The molecule has 2 aromatic rings. The fourth-order valence-electron chi connectivity index (χ4n) is 1.54. The van der Waals surface area contributed by atoms with Crippen LogP contribution in [-0.2, 0) is 0 Å². The van der Waals surface area contributed by atoms with Gasteiger partial charge >= 0.3 is 0 Å². The van der Waals surface area contributed by atoms with Crippen molar-refractivity contribution in [2.24, 2.45) is 0 Å². The predicted octanol–water partition coefficient (Wildman–Crippen LogP) is 2.38. The van der Waals surface area contributed by atoms with Gasteiger partial charge in [0.15, 0.2) is 11.6 Å². The minimum Gasteiger partial charge on any atom is -0.496 e. The Morgan fingerprint density at radius 3 is 2.69 bits per heavy atom. The molecule has 0 radical (unpaired) electrons. The first-order chi connectivity index (χ1) is 7.61. The second-order valence-corrected chi connectivity index (χ2v) is 3.40. The van der Waals surface area contributed by atoms with Gasteiger partial charge in [-0.1, -0.05) is 5.16 Å². The Bertz CT molecular complexity index is 523. The summed E-state index contributed by atoms with van der Waals surface area (Å²) in [6.07, 6.45) is 0. The van der Waals surface area contributed by atoms with E-state index in [2.05, 4.69) is 5.16 Å². The maximum atomic E-state index is 13.3. The highest BCUT2D eigenvalue weighted by Crippen LogP contribution is 2.31. The van der Waals surface area contributed by atoms with Crippen molar-refractivity contribution < 1.29 is 13.7 Å². The van der Waals surface area contributed by atoms with Gasteiger partial charge in [-0.15, -0.1) is 0 Å². The molecule has 4 nitrogen and oxygen atoms in total. The number of anilines is 1. The molecular formula is C11H11FN2O2. The summed E-state index contributed by atoms with van der Waals surface area (Å²) < 4.78 is 23.4. The summed E-state index contributed by atoms with van der Waals surface area (Å²) in [7, 11) is 1.49. The minimum absolute atomic E-state index is 0.262. The third kappa shape index (κ3) is 1.71. The zero-order valence-electron chi connectivity index (χ0n) is 8.95. The number of ether oxygens (including phenoxy) is 1. The molecule has 84 valence electrons. The van der Waals surface area contributed by atoms with Gasteiger partial charge in [-0.2, -0.15) is 0 Å². The molecule has 1 aromatic heterocycles. The molecular weight excluding hydrogens is 211 g/mol. The van der Waals surface area contributed by atoms with Crippen molar-refractivity contribution in [2.75, 3.05) is 12.8 Å². The molecule has 2 N–H and O–H groups in total. The quantitative estimate of drug-likeness (QED) is 0.847. The van der Waals surface area contributed by atoms with Crippen molar-refractivity contribution in [2.45, 2.75) is 6.92 Å². The maximum absolute atomic E-state index is 13.3. The van der Waals surface area contributed by atoms with E-state index in [1.807, 2.05) is 6.92 Å². The Labute approximate surface area is 91.8 Å². The molecule has 1 aromatic carbocycles. The van der Waals surface area contributed by atoms with Crippen LogP contribution in [0.4, 0.5) is 10.2 Å². The van der Waals surface area contributed by atoms with E-state index in [1.165, 1.54) is 19.2 Å². The van der Waals surface area contributed by atoms with E-state index in [0.29, 0.717) is 17.1 Å². The highest BCUT2D eigenvalue weighted by atomic mass is 19.1. The van der Waals surface area contributed by atoms with Crippen LogP contribution in [0.3, 0.4) is 0 Å². The van der Waals surface area contributed by atoms with Gasteiger partial charge in [0, 0.05) is 23.3 Å². The van der Waals surface area contributed by atoms with Gasteiger partial charge in [0.25, 0.3) is 0 Å². The first-order valence-corrected chi connectivity index (χ1v) is 4.68. The molecule has 0 aliphatic rings. The summed E-state index contributed by atoms with van der Waals surface area (Å²) in [6.45, 7) is 1.81. The normalized spacial score (nSPS) is 10.4. The topological polar surface area (TPSA) is 61.3 Å². The molecule has 0 saturated carbocycles. The first kappa shape index (κ1) is 10.5. The van der Waals surface area contributed by atoms with Gasteiger partial charge in [0.2, 0.25) is 0 Å². The summed E-state index contributed by atoms with van der Waals surface area (Å²) in [6, 6.07) is 4.22. The molecule has 2 rings (SSSR count). The van der Waals surface area contributed by atoms with Crippen molar-refractivity contribution in [3.63, 3.8) is 0 Å². The second kappa shape index (κ2) is 3.84. The zero-order valence-corrected chi connectivity index (χ0v) is 8.95. The zero-order chi connectivity index (χ0) is 11.7. The monoisotopic (exact) mass is 222 g/mol. The van der Waals surface area contributed by atoms with Crippen LogP contribution in [0, 0.1) is 12.7 Å². The Balaban J connectivity index is 2.60. The van der Waals surface area contributed by atoms with Crippen LogP contribution in [-0.4, -0.2) is 12.3 Å². The number of halogens is 1. The van der Waals surface area contributed by atoms with E-state index in [4.69, 9.17) is 15.0 Å². The van der Waals surface area contributed by atoms with Gasteiger partial charge < -0.3 is 15.0 Å². The van der Waals surface area contributed by atoms with E-state index in [0.717, 1.165) is 5.56 Å². The van der Waals surface area contributed by atoms with E-state index in [-0.39, 0.29) is 5.82 Å². The average molecular weight is 222 g/mol. The van der Waals surface area contributed by atoms with Crippen LogP contribution in [0.25, 0.3) is 11.3 Å². The Kier molecular flexibility index (Phi) is 2.52. The minimum atomic E-state index is -0.396. The Morgan fingerprint density at radius 1 is 1.38 bits per heavy atom. The lowest BCUT2D eigenvalue weighted by Gasteiger charge is -2.08. The second-order valence-electron chi connectivity index (χ2n) is 3.40. The SMILES string of the molecule is COc1cc(F)cc(-c2cc(N)no2)c1C. The third-order valence-corrected chi connectivity index (χ3v) is 2.34. The lowest BCUT2D eigenvalue weighted by molar-refractivity contribution is 0.406. The van der Waals surface area contributed by atoms with Crippen LogP contribution in [0.15, 0.2) is 22.7 Å². The van der Waals surface area contributed by atoms with Crippen LogP contribution in [0.5, 0.6) is 5.75 Å². The molecule has 0 bridgehead atoms. The highest BCUT2D eigenvalue weighted by Gasteiger charge is 2.13. The summed E-state index contributed by atoms with van der Waals surface area (Å²) in [4.78, 5) is 0. The lowest BCUT2D eigenvalue weighted by atomic mass is 10.1. The standard InChI is InChI=1S/C11H11FN2O2/c1-6-8(10-5-11(13)14-16-10)3-7(12)4-9(6)15-2/h3-5H,1-2H3,(H2,13,14). The van der Waals surface area contributed by atoms with E-state index >= 15 is 0 Å². The van der Waals surface area contributed by atoms with Crippen LogP contribution >= 0.6 is 0 Å². The fraction of sp³-hybridized carbons (Fsp3) is 0.182. The number of methoxy groups -OCH3 is 1. The molecule has 5 heteroatoms. The summed E-state index contributed by atoms with van der Waals surface area (Å²) in [5.41, 5.74) is 6.81.